The molecule has 0 radical (unpaired) electrons. The van der Waals surface area contributed by atoms with Gasteiger partial charge in [0.2, 0.25) is 5.91 Å². The summed E-state index contributed by atoms with van der Waals surface area (Å²) in [5.74, 6) is 0.349. The van der Waals surface area contributed by atoms with Crippen LogP contribution in [0.1, 0.15) is 78.6 Å². The Morgan fingerprint density at radius 3 is 2.28 bits per heavy atom. The van der Waals surface area contributed by atoms with Gasteiger partial charge in [0.25, 0.3) is 0 Å². The smallest absolute Gasteiger partial charge is 0.305 e. The normalized spacial score (nSPS) is 26.8. The molecule has 5 nitrogen and oxygen atoms in total. The zero-order chi connectivity index (χ0) is 18.5. The van der Waals surface area contributed by atoms with E-state index < -0.39 is 11.5 Å². The second-order valence-electron chi connectivity index (χ2n) is 8.78. The van der Waals surface area contributed by atoms with Crippen LogP contribution in [0.25, 0.3) is 0 Å². The number of carboxylic acid groups (broad SMARTS) is 1. The molecule has 2 fully saturated rings. The largest absolute Gasteiger partial charge is 0.481 e. The fourth-order valence-corrected chi connectivity index (χ4v) is 4.44. The summed E-state index contributed by atoms with van der Waals surface area (Å²) in [4.78, 5) is 23.8. The van der Waals surface area contributed by atoms with Crippen molar-refractivity contribution >= 4 is 11.9 Å². The molecule has 2 rings (SSSR count). The third kappa shape index (κ3) is 5.70. The topological polar surface area (TPSA) is 75.6 Å². The molecule has 0 atom stereocenters. The number of amides is 1. The van der Waals surface area contributed by atoms with Crippen LogP contribution >= 0.6 is 0 Å². The van der Waals surface area contributed by atoms with Crippen molar-refractivity contribution in [2.24, 2.45) is 17.3 Å². The first-order chi connectivity index (χ1) is 11.8. The molecule has 2 aliphatic rings. The molecule has 1 aliphatic carbocycles. The number of carbonyl (C=O) groups is 2. The Balaban J connectivity index is 1.84. The number of carboxylic acids is 1. The fraction of sp³-hybridized carbons (Fsp3) is 0.900. The van der Waals surface area contributed by atoms with Gasteiger partial charge < -0.3 is 15.2 Å². The lowest BCUT2D eigenvalue weighted by Crippen LogP contribution is -2.53. The Labute approximate surface area is 151 Å². The minimum atomic E-state index is -0.857. The summed E-state index contributed by atoms with van der Waals surface area (Å²) in [6.07, 6.45) is 7.50. The quantitative estimate of drug-likeness (QED) is 0.731. The molecule has 1 amide bonds. The van der Waals surface area contributed by atoms with E-state index in [2.05, 4.69) is 26.1 Å². The third-order valence-corrected chi connectivity index (χ3v) is 6.68. The van der Waals surface area contributed by atoms with Crippen molar-refractivity contribution < 1.29 is 19.4 Å². The highest BCUT2D eigenvalue weighted by molar-refractivity contribution is 5.78. The maximum Gasteiger partial charge on any atom is 0.305 e. The third-order valence-electron chi connectivity index (χ3n) is 6.68. The lowest BCUT2D eigenvalue weighted by Gasteiger charge is -2.40. The lowest BCUT2D eigenvalue weighted by atomic mass is 9.67. The summed E-state index contributed by atoms with van der Waals surface area (Å²) in [7, 11) is 0. The average Bonchev–Trinajstić information content (AvgIpc) is 2.55. The summed E-state index contributed by atoms with van der Waals surface area (Å²) >= 11 is 0. The van der Waals surface area contributed by atoms with Gasteiger partial charge in [-0.3, -0.25) is 9.59 Å². The van der Waals surface area contributed by atoms with Crippen molar-refractivity contribution in [1.29, 1.82) is 0 Å². The summed E-state index contributed by atoms with van der Waals surface area (Å²) in [5.41, 5.74) is -0.233. The summed E-state index contributed by atoms with van der Waals surface area (Å²) in [6, 6.07) is 0. The Morgan fingerprint density at radius 2 is 1.76 bits per heavy atom. The van der Waals surface area contributed by atoms with Gasteiger partial charge in [-0.15, -0.1) is 0 Å². The van der Waals surface area contributed by atoms with Crippen molar-refractivity contribution in [3.63, 3.8) is 0 Å². The average molecular weight is 354 g/mol. The Kier molecular flexibility index (Phi) is 6.89. The maximum atomic E-state index is 12.6. The van der Waals surface area contributed by atoms with Crippen LogP contribution in [0.15, 0.2) is 0 Å². The minimum absolute atomic E-state index is 0.0144. The van der Waals surface area contributed by atoms with Gasteiger partial charge in [-0.25, -0.2) is 0 Å². The molecule has 0 aromatic heterocycles. The molecule has 2 N–H and O–H groups in total. The lowest BCUT2D eigenvalue weighted by molar-refractivity contribution is -0.140. The number of nitrogens with one attached hydrogen (secondary N) is 1. The standard InChI is InChI=1S/C20H35NO4/c1-4-19(2,3)16-7-5-15(6-8-16)13-17(22)21-20(14-18(23)24)9-11-25-12-10-20/h15-16H,4-14H2,1-3H3,(H,21,22)(H,23,24). The fourth-order valence-electron chi connectivity index (χ4n) is 4.44. The maximum absolute atomic E-state index is 12.6. The number of hydrogen-bond donors (Lipinski definition) is 2. The molecule has 0 spiro atoms. The van der Waals surface area contributed by atoms with Gasteiger partial charge in [-0.1, -0.05) is 27.2 Å². The zero-order valence-corrected chi connectivity index (χ0v) is 16.1. The highest BCUT2D eigenvalue weighted by atomic mass is 16.5. The van der Waals surface area contributed by atoms with Crippen LogP contribution in [0.4, 0.5) is 0 Å². The van der Waals surface area contributed by atoms with E-state index in [0.717, 1.165) is 18.8 Å². The molecule has 1 heterocycles. The molecule has 0 aromatic carbocycles. The van der Waals surface area contributed by atoms with Gasteiger partial charge in [0.1, 0.15) is 0 Å². The van der Waals surface area contributed by atoms with Crippen LogP contribution in [0.5, 0.6) is 0 Å². The van der Waals surface area contributed by atoms with E-state index in [-0.39, 0.29) is 12.3 Å². The van der Waals surface area contributed by atoms with Crippen LogP contribution < -0.4 is 5.32 Å². The number of aliphatic carboxylic acids is 1. The SMILES string of the molecule is CCC(C)(C)C1CCC(CC(=O)NC2(CC(=O)O)CCOCC2)CC1. The molecule has 1 saturated carbocycles. The van der Waals surface area contributed by atoms with E-state index in [4.69, 9.17) is 4.74 Å². The second kappa shape index (κ2) is 8.52. The number of hydrogen-bond acceptors (Lipinski definition) is 3. The molecular formula is C20H35NO4. The first kappa shape index (κ1) is 20.2. The minimum Gasteiger partial charge on any atom is -0.481 e. The molecule has 0 bridgehead atoms. The van der Waals surface area contributed by atoms with Gasteiger partial charge in [0.15, 0.2) is 0 Å². The Bertz CT molecular complexity index is 460. The first-order valence-electron chi connectivity index (χ1n) is 9.87. The van der Waals surface area contributed by atoms with Crippen molar-refractivity contribution in [3.8, 4) is 0 Å². The van der Waals surface area contributed by atoms with E-state index >= 15 is 0 Å². The molecule has 0 aromatic rings. The van der Waals surface area contributed by atoms with Crippen molar-refractivity contribution in [2.45, 2.75) is 84.1 Å². The molecule has 25 heavy (non-hydrogen) atoms. The van der Waals surface area contributed by atoms with Crippen LogP contribution in [-0.4, -0.2) is 35.7 Å². The van der Waals surface area contributed by atoms with Crippen molar-refractivity contribution in [2.75, 3.05) is 13.2 Å². The van der Waals surface area contributed by atoms with E-state index in [1.807, 2.05) is 0 Å². The first-order valence-corrected chi connectivity index (χ1v) is 9.87. The van der Waals surface area contributed by atoms with E-state index in [9.17, 15) is 14.7 Å². The van der Waals surface area contributed by atoms with Gasteiger partial charge in [0.05, 0.1) is 12.0 Å². The molecule has 1 saturated heterocycles. The second-order valence-corrected chi connectivity index (χ2v) is 8.78. The predicted octanol–water partition coefficient (Wildman–Crippen LogP) is 3.76. The summed E-state index contributed by atoms with van der Waals surface area (Å²) in [6.45, 7) is 8.00. The van der Waals surface area contributed by atoms with Gasteiger partial charge in [-0.2, -0.15) is 0 Å². The van der Waals surface area contributed by atoms with E-state index in [0.29, 0.717) is 43.8 Å². The highest BCUT2D eigenvalue weighted by Crippen LogP contribution is 2.42. The monoisotopic (exact) mass is 353 g/mol. The van der Waals surface area contributed by atoms with E-state index in [1.165, 1.54) is 19.3 Å². The van der Waals surface area contributed by atoms with E-state index in [1.54, 1.807) is 0 Å². The summed E-state index contributed by atoms with van der Waals surface area (Å²) < 4.78 is 5.35. The van der Waals surface area contributed by atoms with Gasteiger partial charge >= 0.3 is 5.97 Å². The molecule has 144 valence electrons. The molecule has 0 unspecified atom stereocenters. The molecule has 1 aliphatic heterocycles. The number of carbonyl (C=O) groups excluding carboxylic acids is 1. The number of rotatable bonds is 7. The van der Waals surface area contributed by atoms with Crippen LogP contribution in [0, 0.1) is 17.3 Å². The van der Waals surface area contributed by atoms with Crippen LogP contribution in [0.2, 0.25) is 0 Å². The number of ether oxygens (including phenoxy) is 1. The predicted molar refractivity (Wildman–Crippen MR) is 97.3 cm³/mol. The van der Waals surface area contributed by atoms with Crippen LogP contribution in [-0.2, 0) is 14.3 Å². The van der Waals surface area contributed by atoms with Gasteiger partial charge in [-0.05, 0) is 55.8 Å². The summed E-state index contributed by atoms with van der Waals surface area (Å²) in [5, 5.41) is 12.3. The van der Waals surface area contributed by atoms with Crippen molar-refractivity contribution in [3.05, 3.63) is 0 Å². The van der Waals surface area contributed by atoms with Crippen molar-refractivity contribution in [1.82, 2.24) is 5.32 Å². The molecule has 5 heteroatoms. The highest BCUT2D eigenvalue weighted by Gasteiger charge is 2.37. The molecular weight excluding hydrogens is 318 g/mol. The van der Waals surface area contributed by atoms with Crippen LogP contribution in [0.3, 0.4) is 0 Å². The Hall–Kier alpha value is -1.10. The zero-order valence-electron chi connectivity index (χ0n) is 16.1. The Morgan fingerprint density at radius 1 is 1.16 bits per heavy atom. The van der Waals surface area contributed by atoms with Gasteiger partial charge in [0, 0.05) is 19.6 Å².